The standard InChI is InChI=1S/C8H12N2O2/c1-3-7(11)6-4-5-8(12-2)10-9-6/h4-5,7,11H,3H2,1-2H3/t7-/m1/s1. The molecule has 0 aliphatic carbocycles. The summed E-state index contributed by atoms with van der Waals surface area (Å²) in [6.45, 7) is 1.89. The van der Waals surface area contributed by atoms with Crippen LogP contribution in [-0.2, 0) is 0 Å². The number of aromatic nitrogens is 2. The molecular formula is C8H12N2O2. The molecule has 1 heterocycles. The zero-order valence-electron chi connectivity index (χ0n) is 7.19. The third-order valence-corrected chi connectivity index (χ3v) is 1.60. The first-order chi connectivity index (χ1) is 5.77. The topological polar surface area (TPSA) is 55.2 Å². The van der Waals surface area contributed by atoms with Crippen molar-refractivity contribution < 1.29 is 9.84 Å². The van der Waals surface area contributed by atoms with Crippen LogP contribution in [0.5, 0.6) is 5.88 Å². The summed E-state index contributed by atoms with van der Waals surface area (Å²) in [5.41, 5.74) is 0.582. The molecule has 0 radical (unpaired) electrons. The Morgan fingerprint density at radius 1 is 1.50 bits per heavy atom. The number of hydrogen-bond donors (Lipinski definition) is 1. The number of ether oxygens (including phenoxy) is 1. The molecule has 1 aromatic heterocycles. The van der Waals surface area contributed by atoms with Crippen molar-refractivity contribution >= 4 is 0 Å². The van der Waals surface area contributed by atoms with Crippen molar-refractivity contribution in [3.05, 3.63) is 17.8 Å². The van der Waals surface area contributed by atoms with Gasteiger partial charge in [0.2, 0.25) is 5.88 Å². The van der Waals surface area contributed by atoms with Gasteiger partial charge in [0.1, 0.15) is 0 Å². The predicted octanol–water partition coefficient (Wildman–Crippen LogP) is 0.929. The lowest BCUT2D eigenvalue weighted by molar-refractivity contribution is 0.167. The van der Waals surface area contributed by atoms with E-state index in [0.29, 0.717) is 18.0 Å². The Labute approximate surface area is 71.2 Å². The van der Waals surface area contributed by atoms with Crippen LogP contribution in [0.1, 0.15) is 25.1 Å². The van der Waals surface area contributed by atoms with Crippen LogP contribution < -0.4 is 4.74 Å². The molecule has 0 spiro atoms. The van der Waals surface area contributed by atoms with Crippen molar-refractivity contribution in [2.45, 2.75) is 19.4 Å². The molecule has 0 aliphatic heterocycles. The van der Waals surface area contributed by atoms with Gasteiger partial charge >= 0.3 is 0 Å². The monoisotopic (exact) mass is 168 g/mol. The number of hydrogen-bond acceptors (Lipinski definition) is 4. The number of aliphatic hydroxyl groups is 1. The molecule has 1 N–H and O–H groups in total. The molecule has 0 aliphatic rings. The Kier molecular flexibility index (Phi) is 2.99. The minimum absolute atomic E-state index is 0.460. The lowest BCUT2D eigenvalue weighted by atomic mass is 10.2. The second-order valence-electron chi connectivity index (χ2n) is 2.42. The van der Waals surface area contributed by atoms with Gasteiger partial charge in [0.25, 0.3) is 0 Å². The SMILES string of the molecule is CC[C@@H](O)c1ccc(OC)nn1. The van der Waals surface area contributed by atoms with Crippen LogP contribution in [0.3, 0.4) is 0 Å². The van der Waals surface area contributed by atoms with E-state index in [1.807, 2.05) is 6.92 Å². The van der Waals surface area contributed by atoms with Crippen molar-refractivity contribution in [3.8, 4) is 5.88 Å². The Bertz CT molecular complexity index is 235. The molecular weight excluding hydrogens is 156 g/mol. The van der Waals surface area contributed by atoms with E-state index >= 15 is 0 Å². The molecule has 0 unspecified atom stereocenters. The quantitative estimate of drug-likeness (QED) is 0.729. The van der Waals surface area contributed by atoms with E-state index in [1.165, 1.54) is 7.11 Å². The summed E-state index contributed by atoms with van der Waals surface area (Å²) in [6, 6.07) is 3.39. The fourth-order valence-corrected chi connectivity index (χ4v) is 0.826. The van der Waals surface area contributed by atoms with Gasteiger partial charge < -0.3 is 9.84 Å². The zero-order chi connectivity index (χ0) is 8.97. The second-order valence-corrected chi connectivity index (χ2v) is 2.42. The van der Waals surface area contributed by atoms with Crippen LogP contribution >= 0.6 is 0 Å². The zero-order valence-corrected chi connectivity index (χ0v) is 7.19. The molecule has 1 atom stereocenters. The molecule has 66 valence electrons. The van der Waals surface area contributed by atoms with Crippen LogP contribution in [0.15, 0.2) is 12.1 Å². The molecule has 0 fully saturated rings. The molecule has 0 aromatic carbocycles. The minimum atomic E-state index is -0.525. The summed E-state index contributed by atoms with van der Waals surface area (Å²) in [6.07, 6.45) is 0.115. The maximum atomic E-state index is 9.35. The van der Waals surface area contributed by atoms with Gasteiger partial charge in [0.15, 0.2) is 0 Å². The number of nitrogens with zero attached hydrogens (tertiary/aromatic N) is 2. The van der Waals surface area contributed by atoms with Crippen molar-refractivity contribution in [1.29, 1.82) is 0 Å². The van der Waals surface area contributed by atoms with Gasteiger partial charge in [-0.1, -0.05) is 6.92 Å². The highest BCUT2D eigenvalue weighted by Gasteiger charge is 2.06. The van der Waals surface area contributed by atoms with E-state index in [2.05, 4.69) is 10.2 Å². The van der Waals surface area contributed by atoms with Gasteiger partial charge in [0, 0.05) is 6.07 Å². The van der Waals surface area contributed by atoms with E-state index in [4.69, 9.17) is 4.74 Å². The van der Waals surface area contributed by atoms with Crippen LogP contribution in [0, 0.1) is 0 Å². The highest BCUT2D eigenvalue weighted by atomic mass is 16.5. The molecule has 0 saturated carbocycles. The van der Waals surface area contributed by atoms with E-state index in [0.717, 1.165) is 0 Å². The molecule has 0 saturated heterocycles. The summed E-state index contributed by atoms with van der Waals surface area (Å²) in [7, 11) is 1.53. The van der Waals surface area contributed by atoms with Crippen molar-refractivity contribution in [2.24, 2.45) is 0 Å². The summed E-state index contributed by atoms with van der Waals surface area (Å²) < 4.78 is 4.83. The maximum absolute atomic E-state index is 9.35. The van der Waals surface area contributed by atoms with Crippen LogP contribution in [-0.4, -0.2) is 22.4 Å². The number of rotatable bonds is 3. The van der Waals surface area contributed by atoms with E-state index in [1.54, 1.807) is 12.1 Å². The lowest BCUT2D eigenvalue weighted by Crippen LogP contribution is -2.01. The summed E-state index contributed by atoms with van der Waals surface area (Å²) in [5.74, 6) is 0.460. The highest BCUT2D eigenvalue weighted by molar-refractivity contribution is 5.12. The number of methoxy groups -OCH3 is 1. The Morgan fingerprint density at radius 2 is 2.25 bits per heavy atom. The maximum Gasteiger partial charge on any atom is 0.233 e. The van der Waals surface area contributed by atoms with Crippen LogP contribution in [0.4, 0.5) is 0 Å². The predicted molar refractivity (Wildman–Crippen MR) is 43.8 cm³/mol. The summed E-state index contributed by atoms with van der Waals surface area (Å²) in [4.78, 5) is 0. The van der Waals surface area contributed by atoms with E-state index in [-0.39, 0.29) is 0 Å². The number of aliphatic hydroxyl groups excluding tert-OH is 1. The van der Waals surface area contributed by atoms with Gasteiger partial charge in [-0.25, -0.2) is 0 Å². The second kappa shape index (κ2) is 4.01. The van der Waals surface area contributed by atoms with Gasteiger partial charge in [-0.05, 0) is 12.5 Å². The third kappa shape index (κ3) is 1.92. The van der Waals surface area contributed by atoms with Gasteiger partial charge in [0.05, 0.1) is 18.9 Å². The summed E-state index contributed by atoms with van der Waals surface area (Å²) >= 11 is 0. The normalized spacial score (nSPS) is 12.6. The first kappa shape index (κ1) is 8.93. The van der Waals surface area contributed by atoms with E-state index in [9.17, 15) is 5.11 Å². The fraction of sp³-hybridized carbons (Fsp3) is 0.500. The molecule has 4 heteroatoms. The van der Waals surface area contributed by atoms with Gasteiger partial charge in [-0.15, -0.1) is 10.2 Å². The molecule has 0 amide bonds. The van der Waals surface area contributed by atoms with Crippen molar-refractivity contribution in [3.63, 3.8) is 0 Å². The molecule has 1 rings (SSSR count). The lowest BCUT2D eigenvalue weighted by Gasteiger charge is -2.05. The van der Waals surface area contributed by atoms with E-state index < -0.39 is 6.10 Å². The van der Waals surface area contributed by atoms with Crippen molar-refractivity contribution in [1.82, 2.24) is 10.2 Å². The average Bonchev–Trinajstić information content (AvgIpc) is 2.17. The molecule has 1 aromatic rings. The molecule has 0 bridgehead atoms. The van der Waals surface area contributed by atoms with Crippen LogP contribution in [0.2, 0.25) is 0 Å². The van der Waals surface area contributed by atoms with Crippen molar-refractivity contribution in [2.75, 3.05) is 7.11 Å². The highest BCUT2D eigenvalue weighted by Crippen LogP contribution is 2.13. The first-order valence-electron chi connectivity index (χ1n) is 3.83. The average molecular weight is 168 g/mol. The summed E-state index contributed by atoms with van der Waals surface area (Å²) in [5, 5.41) is 16.9. The Morgan fingerprint density at radius 3 is 2.67 bits per heavy atom. The smallest absolute Gasteiger partial charge is 0.233 e. The Balaban J connectivity index is 2.77. The van der Waals surface area contributed by atoms with Gasteiger partial charge in [-0.3, -0.25) is 0 Å². The van der Waals surface area contributed by atoms with Crippen LogP contribution in [0.25, 0.3) is 0 Å². The minimum Gasteiger partial charge on any atom is -0.480 e. The largest absolute Gasteiger partial charge is 0.480 e. The molecule has 4 nitrogen and oxygen atoms in total. The Hall–Kier alpha value is -1.16. The fourth-order valence-electron chi connectivity index (χ4n) is 0.826. The first-order valence-corrected chi connectivity index (χ1v) is 3.83. The third-order valence-electron chi connectivity index (χ3n) is 1.60. The molecule has 12 heavy (non-hydrogen) atoms. The van der Waals surface area contributed by atoms with Gasteiger partial charge in [-0.2, -0.15) is 0 Å².